The maximum atomic E-state index is 13.3. The monoisotopic (exact) mass is 429 g/mol. The summed E-state index contributed by atoms with van der Waals surface area (Å²) in [5, 5.41) is 3.41. The predicted octanol–water partition coefficient (Wildman–Crippen LogP) is 4.72. The summed E-state index contributed by atoms with van der Waals surface area (Å²) in [4.78, 5) is 25.9. The summed E-state index contributed by atoms with van der Waals surface area (Å²) in [6.45, 7) is 1.87. The molecule has 0 saturated heterocycles. The minimum Gasteiger partial charge on any atom is -0.484 e. The molecule has 1 aromatic heterocycles. The molecule has 3 aromatic carbocycles. The first-order valence-electron chi connectivity index (χ1n) is 10.0. The van der Waals surface area contributed by atoms with E-state index < -0.39 is 5.91 Å². The van der Waals surface area contributed by atoms with Crippen LogP contribution < -0.4 is 19.5 Å². The summed E-state index contributed by atoms with van der Waals surface area (Å²) < 4.78 is 22.1. The van der Waals surface area contributed by atoms with E-state index in [2.05, 4.69) is 5.32 Å². The van der Waals surface area contributed by atoms with Crippen LogP contribution >= 0.6 is 0 Å². The van der Waals surface area contributed by atoms with Crippen LogP contribution in [0, 0.1) is 6.92 Å². The molecule has 0 saturated carbocycles. The molecule has 5 rings (SSSR count). The quantitative estimate of drug-likeness (QED) is 0.447. The van der Waals surface area contributed by atoms with E-state index in [1.54, 1.807) is 48.5 Å². The molecule has 160 valence electrons. The van der Waals surface area contributed by atoms with Gasteiger partial charge in [-0.25, -0.2) is 0 Å². The molecule has 1 amide bonds. The second kappa shape index (κ2) is 8.11. The van der Waals surface area contributed by atoms with E-state index >= 15 is 0 Å². The Morgan fingerprint density at radius 3 is 2.59 bits per heavy atom. The largest absolute Gasteiger partial charge is 0.484 e. The van der Waals surface area contributed by atoms with Crippen molar-refractivity contribution in [2.75, 3.05) is 18.7 Å². The normalized spacial score (nSPS) is 12.0. The number of rotatable bonds is 6. The molecule has 0 bridgehead atoms. The lowest BCUT2D eigenvalue weighted by Crippen LogP contribution is -2.21. The van der Waals surface area contributed by atoms with Gasteiger partial charge >= 0.3 is 0 Å². The summed E-state index contributed by atoms with van der Waals surface area (Å²) >= 11 is 0. The van der Waals surface area contributed by atoms with Crippen molar-refractivity contribution in [1.82, 2.24) is 0 Å². The van der Waals surface area contributed by atoms with Crippen LogP contribution in [0.1, 0.15) is 21.7 Å². The van der Waals surface area contributed by atoms with E-state index in [0.717, 1.165) is 5.56 Å². The number of carbonyl (C=O) groups excluding carboxylic acids is 2. The third-order valence-electron chi connectivity index (χ3n) is 5.09. The maximum Gasteiger partial charge on any atom is 0.262 e. The second-order valence-electron chi connectivity index (χ2n) is 7.35. The molecule has 0 radical (unpaired) electrons. The number of furan rings is 1. The minimum atomic E-state index is -0.406. The summed E-state index contributed by atoms with van der Waals surface area (Å²) in [7, 11) is 0. The van der Waals surface area contributed by atoms with Crippen molar-refractivity contribution in [2.45, 2.75) is 6.92 Å². The number of amides is 1. The topological polar surface area (TPSA) is 87.0 Å². The van der Waals surface area contributed by atoms with E-state index in [9.17, 15) is 9.59 Å². The van der Waals surface area contributed by atoms with Gasteiger partial charge in [0.1, 0.15) is 11.3 Å². The molecule has 1 N–H and O–H groups in total. The third kappa shape index (κ3) is 3.76. The van der Waals surface area contributed by atoms with Gasteiger partial charge in [0.2, 0.25) is 12.6 Å². The highest BCUT2D eigenvalue weighted by molar-refractivity contribution is 6.17. The molecule has 32 heavy (non-hydrogen) atoms. The number of aryl methyl sites for hydroxylation is 1. The first-order valence-corrected chi connectivity index (χ1v) is 10.0. The first kappa shape index (κ1) is 19.7. The van der Waals surface area contributed by atoms with Crippen molar-refractivity contribution in [3.63, 3.8) is 0 Å². The van der Waals surface area contributed by atoms with Crippen molar-refractivity contribution in [2.24, 2.45) is 0 Å². The van der Waals surface area contributed by atoms with Gasteiger partial charge in [-0.15, -0.1) is 0 Å². The number of benzene rings is 3. The number of hydrogen-bond acceptors (Lipinski definition) is 6. The lowest BCUT2D eigenvalue weighted by atomic mass is 10.1. The van der Waals surface area contributed by atoms with E-state index in [1.165, 1.54) is 0 Å². The van der Waals surface area contributed by atoms with Gasteiger partial charge in [-0.05, 0) is 49.4 Å². The Morgan fingerprint density at radius 2 is 1.75 bits per heavy atom. The lowest BCUT2D eigenvalue weighted by Gasteiger charge is -2.08. The van der Waals surface area contributed by atoms with Crippen molar-refractivity contribution in [3.05, 3.63) is 83.6 Å². The Balaban J connectivity index is 1.42. The van der Waals surface area contributed by atoms with Gasteiger partial charge in [-0.2, -0.15) is 0 Å². The van der Waals surface area contributed by atoms with E-state index in [-0.39, 0.29) is 24.9 Å². The smallest absolute Gasteiger partial charge is 0.262 e. The van der Waals surface area contributed by atoms with E-state index in [1.807, 2.05) is 25.1 Å². The standard InChI is InChI=1S/C25H19NO6/c1-15-6-9-17(10-7-15)29-13-22(27)26-23-18-4-2-3-5-19(18)32-25(23)24(28)16-8-11-20-21(12-16)31-14-30-20/h2-12H,13-14H2,1H3,(H,26,27). The van der Waals surface area contributed by atoms with Crippen molar-refractivity contribution in [3.8, 4) is 17.2 Å². The first-order chi connectivity index (χ1) is 15.6. The van der Waals surface area contributed by atoms with Gasteiger partial charge in [0.05, 0.1) is 5.69 Å². The Labute approximate surface area is 183 Å². The van der Waals surface area contributed by atoms with Crippen molar-refractivity contribution < 1.29 is 28.2 Å². The molecule has 1 aliphatic heterocycles. The summed E-state index contributed by atoms with van der Waals surface area (Å²) in [5.41, 5.74) is 2.25. The molecule has 0 atom stereocenters. The number of fused-ring (bicyclic) bond motifs is 2. The third-order valence-corrected chi connectivity index (χ3v) is 5.09. The van der Waals surface area contributed by atoms with Crippen LogP contribution in [0.3, 0.4) is 0 Å². The van der Waals surface area contributed by atoms with E-state index in [4.69, 9.17) is 18.6 Å². The van der Waals surface area contributed by atoms with E-state index in [0.29, 0.717) is 39.5 Å². The van der Waals surface area contributed by atoms with Crippen LogP contribution in [0.15, 0.2) is 71.1 Å². The van der Waals surface area contributed by atoms with Crippen LogP contribution in [0.25, 0.3) is 11.0 Å². The highest BCUT2D eigenvalue weighted by Gasteiger charge is 2.25. The fourth-order valence-corrected chi connectivity index (χ4v) is 3.46. The number of anilines is 1. The number of ether oxygens (including phenoxy) is 3. The number of carbonyl (C=O) groups is 2. The molecule has 2 heterocycles. The molecule has 0 fully saturated rings. The van der Waals surface area contributed by atoms with Gasteiger partial charge in [0.25, 0.3) is 5.91 Å². The van der Waals surface area contributed by atoms with Gasteiger partial charge in [-0.3, -0.25) is 9.59 Å². The Kier molecular flexibility index (Phi) is 4.99. The Morgan fingerprint density at radius 1 is 0.969 bits per heavy atom. The highest BCUT2D eigenvalue weighted by Crippen LogP contribution is 2.36. The molecule has 1 aliphatic rings. The Hall–Kier alpha value is -4.26. The van der Waals surface area contributed by atoms with Gasteiger partial charge in [-0.1, -0.05) is 29.8 Å². The van der Waals surface area contributed by atoms with Crippen LogP contribution in [-0.4, -0.2) is 25.1 Å². The fraction of sp³-hybridized carbons (Fsp3) is 0.120. The molecule has 0 spiro atoms. The van der Waals surface area contributed by atoms with Gasteiger partial charge in [0.15, 0.2) is 23.9 Å². The summed E-state index contributed by atoms with van der Waals surface area (Å²) in [6.07, 6.45) is 0. The Bertz CT molecular complexity index is 1320. The van der Waals surface area contributed by atoms with Gasteiger partial charge in [0, 0.05) is 10.9 Å². The molecule has 7 heteroatoms. The van der Waals surface area contributed by atoms with Crippen molar-refractivity contribution in [1.29, 1.82) is 0 Å². The zero-order valence-electron chi connectivity index (χ0n) is 17.2. The SMILES string of the molecule is Cc1ccc(OCC(=O)Nc2c(C(=O)c3ccc4c(c3)OCO4)oc3ccccc23)cc1. The number of ketones is 1. The number of hydrogen-bond donors (Lipinski definition) is 1. The number of para-hydroxylation sites is 1. The molecule has 0 unspecified atom stereocenters. The van der Waals surface area contributed by atoms with Crippen molar-refractivity contribution >= 4 is 28.3 Å². The molecule has 7 nitrogen and oxygen atoms in total. The molecular weight excluding hydrogens is 410 g/mol. The highest BCUT2D eigenvalue weighted by atomic mass is 16.7. The maximum absolute atomic E-state index is 13.3. The summed E-state index contributed by atoms with van der Waals surface area (Å²) in [5.74, 6) is 0.899. The molecule has 4 aromatic rings. The average molecular weight is 429 g/mol. The fourth-order valence-electron chi connectivity index (χ4n) is 3.46. The average Bonchev–Trinajstić information content (AvgIpc) is 3.42. The lowest BCUT2D eigenvalue weighted by molar-refractivity contribution is -0.118. The number of nitrogens with one attached hydrogen (secondary N) is 1. The zero-order chi connectivity index (χ0) is 22.1. The van der Waals surface area contributed by atoms with Crippen LogP contribution in [0.2, 0.25) is 0 Å². The summed E-state index contributed by atoms with van der Waals surface area (Å²) in [6, 6.07) is 19.4. The predicted molar refractivity (Wildman–Crippen MR) is 118 cm³/mol. The second-order valence-corrected chi connectivity index (χ2v) is 7.35. The van der Waals surface area contributed by atoms with Crippen LogP contribution in [0.5, 0.6) is 17.2 Å². The minimum absolute atomic E-state index is 0.0359. The molecule has 0 aliphatic carbocycles. The van der Waals surface area contributed by atoms with Crippen LogP contribution in [-0.2, 0) is 4.79 Å². The zero-order valence-corrected chi connectivity index (χ0v) is 17.2. The van der Waals surface area contributed by atoms with Gasteiger partial charge < -0.3 is 23.9 Å². The molecular formula is C25H19NO6. The van der Waals surface area contributed by atoms with Crippen LogP contribution in [0.4, 0.5) is 5.69 Å².